The van der Waals surface area contributed by atoms with Crippen molar-refractivity contribution in [3.05, 3.63) is 35.3 Å². The van der Waals surface area contributed by atoms with Crippen LogP contribution in [0, 0.1) is 11.8 Å². The van der Waals surface area contributed by atoms with Gasteiger partial charge in [-0.2, -0.15) is 0 Å². The van der Waals surface area contributed by atoms with Gasteiger partial charge in [0.25, 0.3) is 0 Å². The number of cyclic esters (lactones) is 1. The first-order valence-electron chi connectivity index (χ1n) is 11.8. The summed E-state index contributed by atoms with van der Waals surface area (Å²) in [5.74, 6) is -1.50. The molecule has 3 fully saturated rings. The molecule has 2 saturated heterocycles. The zero-order valence-corrected chi connectivity index (χ0v) is 20.2. The summed E-state index contributed by atoms with van der Waals surface area (Å²) >= 11 is 0. The van der Waals surface area contributed by atoms with Crippen LogP contribution < -0.4 is 9.47 Å². The number of nitrogens with zero attached hydrogens (tertiary/aromatic N) is 1. The second-order valence-electron chi connectivity index (χ2n) is 9.98. The van der Waals surface area contributed by atoms with Gasteiger partial charge < -0.3 is 38.8 Å². The van der Waals surface area contributed by atoms with Crippen LogP contribution in [0.4, 0.5) is 0 Å². The topological polar surface area (TPSA) is 107 Å². The third-order valence-electron chi connectivity index (χ3n) is 8.78. The van der Waals surface area contributed by atoms with Crippen molar-refractivity contribution in [3.8, 4) is 11.5 Å². The average molecular weight is 476 g/mol. The summed E-state index contributed by atoms with van der Waals surface area (Å²) in [4.78, 5) is 14.1. The molecule has 0 bridgehead atoms. The number of benzene rings is 1. The first-order valence-corrected chi connectivity index (χ1v) is 11.8. The van der Waals surface area contributed by atoms with Gasteiger partial charge in [-0.1, -0.05) is 19.9 Å². The summed E-state index contributed by atoms with van der Waals surface area (Å²) in [7, 11) is 5.41. The van der Waals surface area contributed by atoms with Gasteiger partial charge in [0.1, 0.15) is 6.10 Å². The van der Waals surface area contributed by atoms with Crippen LogP contribution in [0.1, 0.15) is 32.3 Å². The molecule has 1 spiro atoms. The van der Waals surface area contributed by atoms with E-state index in [-0.39, 0.29) is 29.9 Å². The van der Waals surface area contributed by atoms with E-state index in [9.17, 15) is 15.0 Å². The molecule has 1 aromatic carbocycles. The first kappa shape index (κ1) is 23.3. The number of fused-ring (bicyclic) bond motifs is 1. The number of likely N-dealkylation sites (tertiary alicyclic amines) is 1. The molecule has 4 aliphatic rings. The predicted octanol–water partition coefficient (Wildman–Crippen LogP) is 2.69. The molecule has 1 aliphatic carbocycles. The molecule has 1 aromatic rings. The number of hydrogen-bond acceptors (Lipinski definition) is 9. The Labute approximate surface area is 199 Å². The highest BCUT2D eigenvalue weighted by molar-refractivity contribution is 5.89. The van der Waals surface area contributed by atoms with E-state index in [4.69, 9.17) is 23.7 Å². The van der Waals surface area contributed by atoms with Gasteiger partial charge in [-0.15, -0.1) is 0 Å². The third-order valence-corrected chi connectivity index (χ3v) is 8.78. The van der Waals surface area contributed by atoms with Crippen LogP contribution in [0.25, 0.3) is 0 Å². The van der Waals surface area contributed by atoms with Gasteiger partial charge in [0.05, 0.1) is 20.8 Å². The van der Waals surface area contributed by atoms with E-state index in [2.05, 4.69) is 37.9 Å². The molecule has 3 heterocycles. The van der Waals surface area contributed by atoms with Crippen molar-refractivity contribution >= 4 is 5.97 Å². The van der Waals surface area contributed by atoms with E-state index in [1.54, 1.807) is 14.2 Å². The number of likely N-dealkylation sites (N-methyl/N-ethyl adjacent to an activating group) is 1. The maximum Gasteiger partial charge on any atom is 0.377 e. The average Bonchev–Trinajstić information content (AvgIpc) is 3.49. The van der Waals surface area contributed by atoms with Crippen molar-refractivity contribution in [2.24, 2.45) is 11.8 Å². The fourth-order valence-electron chi connectivity index (χ4n) is 6.71. The molecule has 0 aromatic heterocycles. The number of aliphatic hydroxyl groups excluding tert-OH is 2. The number of carbonyl (C=O) groups excluding carboxylic acids is 1. The van der Waals surface area contributed by atoms with Crippen LogP contribution in [-0.4, -0.2) is 79.5 Å². The molecule has 34 heavy (non-hydrogen) atoms. The van der Waals surface area contributed by atoms with Crippen LogP contribution in [-0.2, 0) is 24.4 Å². The Morgan fingerprint density at radius 1 is 1.12 bits per heavy atom. The molecule has 186 valence electrons. The number of rotatable bonds is 4. The standard InChI is InChI=1S/C25H33NO8/c1-13-14(2)25(32-12-18(34-25)22-20(27)21(28)23(29)33-22)11-19-24(13,8-9-26(19)3)15-6-7-16(30-4)17(10-15)31-5/h6-7,10,13-14,18-19,22,27-28H,8-9,11-12H2,1-5H3/t13?,14?,18-,19-,22+,24+,25?/m0/s1. The second kappa shape index (κ2) is 8.03. The van der Waals surface area contributed by atoms with Gasteiger partial charge >= 0.3 is 5.97 Å². The highest BCUT2D eigenvalue weighted by Gasteiger charge is 2.65. The van der Waals surface area contributed by atoms with Crippen molar-refractivity contribution in [2.75, 3.05) is 34.4 Å². The third kappa shape index (κ3) is 3.06. The minimum absolute atomic E-state index is 0.00479. The normalized spacial score (nSPS) is 40.0. The molecule has 1 saturated carbocycles. The lowest BCUT2D eigenvalue weighted by Gasteiger charge is -2.55. The van der Waals surface area contributed by atoms with Crippen molar-refractivity contribution < 1.29 is 38.7 Å². The lowest BCUT2D eigenvalue weighted by molar-refractivity contribution is -0.252. The zero-order chi connectivity index (χ0) is 24.4. The summed E-state index contributed by atoms with van der Waals surface area (Å²) in [5, 5.41) is 19.9. The van der Waals surface area contributed by atoms with Crippen molar-refractivity contribution in [1.82, 2.24) is 4.90 Å². The summed E-state index contributed by atoms with van der Waals surface area (Å²) < 4.78 is 29.0. The van der Waals surface area contributed by atoms with Gasteiger partial charge in [0.15, 0.2) is 29.1 Å². The minimum atomic E-state index is -1.06. The number of carbonyl (C=O) groups is 1. The quantitative estimate of drug-likeness (QED) is 0.636. The highest BCUT2D eigenvalue weighted by atomic mass is 16.8. The van der Waals surface area contributed by atoms with Gasteiger partial charge in [0, 0.05) is 23.8 Å². The number of hydrogen-bond donors (Lipinski definition) is 2. The Morgan fingerprint density at radius 2 is 1.85 bits per heavy atom. The lowest BCUT2D eigenvalue weighted by Crippen LogP contribution is -2.61. The van der Waals surface area contributed by atoms with E-state index in [1.165, 1.54) is 5.56 Å². The van der Waals surface area contributed by atoms with Crippen LogP contribution in [0.5, 0.6) is 11.5 Å². The monoisotopic (exact) mass is 475 g/mol. The largest absolute Gasteiger partial charge is 0.505 e. The van der Waals surface area contributed by atoms with E-state index >= 15 is 0 Å². The fraction of sp³-hybridized carbons (Fsp3) is 0.640. The van der Waals surface area contributed by atoms with E-state index in [0.29, 0.717) is 17.9 Å². The molecule has 9 nitrogen and oxygen atoms in total. The minimum Gasteiger partial charge on any atom is -0.505 e. The summed E-state index contributed by atoms with van der Waals surface area (Å²) in [6.45, 7) is 5.48. The van der Waals surface area contributed by atoms with Crippen LogP contribution in [0.2, 0.25) is 0 Å². The maximum absolute atomic E-state index is 11.7. The molecule has 0 amide bonds. The molecule has 3 aliphatic heterocycles. The van der Waals surface area contributed by atoms with E-state index < -0.39 is 35.5 Å². The number of aliphatic hydroxyl groups is 2. The second-order valence-corrected chi connectivity index (χ2v) is 9.98. The molecule has 3 unspecified atom stereocenters. The smallest absolute Gasteiger partial charge is 0.377 e. The van der Waals surface area contributed by atoms with Crippen molar-refractivity contribution in [2.45, 2.75) is 56.1 Å². The van der Waals surface area contributed by atoms with Crippen LogP contribution in [0.15, 0.2) is 29.7 Å². The van der Waals surface area contributed by atoms with Crippen LogP contribution >= 0.6 is 0 Å². The van der Waals surface area contributed by atoms with Crippen LogP contribution in [0.3, 0.4) is 0 Å². The summed E-state index contributed by atoms with van der Waals surface area (Å²) in [6, 6.07) is 6.33. The lowest BCUT2D eigenvalue weighted by atomic mass is 9.55. The van der Waals surface area contributed by atoms with E-state index in [1.807, 2.05) is 6.07 Å². The van der Waals surface area contributed by atoms with Gasteiger partial charge in [-0.05, 0) is 43.6 Å². The Morgan fingerprint density at radius 3 is 2.50 bits per heavy atom. The number of methoxy groups -OCH3 is 2. The summed E-state index contributed by atoms with van der Waals surface area (Å²) in [5.41, 5.74) is 1.07. The maximum atomic E-state index is 11.7. The van der Waals surface area contributed by atoms with Gasteiger partial charge in [-0.3, -0.25) is 0 Å². The Balaban J connectivity index is 1.48. The molecular weight excluding hydrogens is 442 g/mol. The van der Waals surface area contributed by atoms with E-state index in [0.717, 1.165) is 13.0 Å². The highest BCUT2D eigenvalue weighted by Crippen LogP contribution is 2.59. The Kier molecular flexibility index (Phi) is 5.50. The van der Waals surface area contributed by atoms with Crippen molar-refractivity contribution in [3.63, 3.8) is 0 Å². The van der Waals surface area contributed by atoms with Crippen molar-refractivity contribution in [1.29, 1.82) is 0 Å². The first-order chi connectivity index (χ1) is 16.2. The number of ether oxygens (including phenoxy) is 5. The van der Waals surface area contributed by atoms with Gasteiger partial charge in [-0.25, -0.2) is 4.79 Å². The fourth-order valence-corrected chi connectivity index (χ4v) is 6.71. The molecule has 2 N–H and O–H groups in total. The SMILES string of the molecule is COc1ccc([C@]23CCN(C)[C@H]2CC2(OC[C@@H]([C@H]4OC(=O)C(O)=C4O)O2)C(C)C3C)cc1OC. The number of esters is 1. The molecule has 9 heteroatoms. The molecular formula is C25H33NO8. The summed E-state index contributed by atoms with van der Waals surface area (Å²) in [6.07, 6.45) is -0.139. The zero-order valence-electron chi connectivity index (χ0n) is 20.2. The Bertz CT molecular complexity index is 1030. The molecule has 5 rings (SSSR count). The molecule has 0 radical (unpaired) electrons. The molecule has 7 atom stereocenters. The van der Waals surface area contributed by atoms with Gasteiger partial charge in [0.2, 0.25) is 5.76 Å². The Hall–Kier alpha value is -2.49. The predicted molar refractivity (Wildman–Crippen MR) is 121 cm³/mol.